The summed E-state index contributed by atoms with van der Waals surface area (Å²) >= 11 is 0. The van der Waals surface area contributed by atoms with Gasteiger partial charge in [0.2, 0.25) is 0 Å². The lowest BCUT2D eigenvalue weighted by Gasteiger charge is -2.17. The number of hydrogen-bond acceptors (Lipinski definition) is 3. The van der Waals surface area contributed by atoms with E-state index in [1.165, 1.54) is 0 Å². The molecule has 0 spiro atoms. The Hall–Kier alpha value is -0.930. The van der Waals surface area contributed by atoms with Crippen molar-refractivity contribution in [2.45, 2.75) is 25.4 Å². The zero-order valence-corrected chi connectivity index (χ0v) is 9.80. The van der Waals surface area contributed by atoms with Crippen LogP contribution in [-0.2, 0) is 14.3 Å². The number of carbonyl (C=O) groups excluding carboxylic acids is 1. The van der Waals surface area contributed by atoms with Crippen LogP contribution >= 0.6 is 0 Å². The number of aldehydes is 1. The van der Waals surface area contributed by atoms with Gasteiger partial charge >= 0.3 is 0 Å². The van der Waals surface area contributed by atoms with Gasteiger partial charge in [0.1, 0.15) is 6.29 Å². The Bertz CT molecular complexity index is 246. The van der Waals surface area contributed by atoms with Crippen molar-refractivity contribution in [2.75, 3.05) is 20.3 Å². The molecule has 0 saturated heterocycles. The molecule has 1 aliphatic carbocycles. The van der Waals surface area contributed by atoms with Crippen LogP contribution < -0.4 is 0 Å². The second kappa shape index (κ2) is 8.25. The first-order valence-corrected chi connectivity index (χ1v) is 5.74. The maximum atomic E-state index is 10.2. The Labute approximate surface area is 97.1 Å². The highest BCUT2D eigenvalue weighted by molar-refractivity contribution is 5.49. The van der Waals surface area contributed by atoms with Crippen molar-refractivity contribution in [2.24, 2.45) is 5.92 Å². The summed E-state index contributed by atoms with van der Waals surface area (Å²) in [5, 5.41) is 0. The third-order valence-electron chi connectivity index (χ3n) is 2.64. The molecule has 3 nitrogen and oxygen atoms in total. The average Bonchev–Trinajstić information content (AvgIpc) is 2.35. The minimum Gasteiger partial charge on any atom is -0.379 e. The number of ether oxygens (including phenoxy) is 2. The van der Waals surface area contributed by atoms with Gasteiger partial charge in [-0.25, -0.2) is 0 Å². The van der Waals surface area contributed by atoms with Crippen LogP contribution in [0.15, 0.2) is 24.3 Å². The standard InChI is InChI=1S/C13H20O3/c1-15-13(8-5-9-14)11-16-10-12-6-3-2-4-7-12/h2-4,6,9,12-13H,5,7-8,10-11H2,1H3. The SMILES string of the molecule is COC(CCC=O)COCC1C=CC=CC1. The highest BCUT2D eigenvalue weighted by atomic mass is 16.5. The molecule has 0 bridgehead atoms. The summed E-state index contributed by atoms with van der Waals surface area (Å²) in [7, 11) is 1.65. The van der Waals surface area contributed by atoms with E-state index in [0.29, 0.717) is 18.9 Å². The first-order chi connectivity index (χ1) is 7.86. The molecule has 0 aromatic heterocycles. The monoisotopic (exact) mass is 224 g/mol. The molecule has 0 N–H and O–H groups in total. The molecule has 90 valence electrons. The number of carbonyl (C=O) groups is 1. The molecule has 2 unspecified atom stereocenters. The fourth-order valence-corrected chi connectivity index (χ4v) is 1.63. The molecule has 16 heavy (non-hydrogen) atoms. The molecule has 0 saturated carbocycles. The van der Waals surface area contributed by atoms with E-state index in [4.69, 9.17) is 9.47 Å². The molecule has 3 heteroatoms. The van der Waals surface area contributed by atoms with Crippen molar-refractivity contribution < 1.29 is 14.3 Å². The molecular weight excluding hydrogens is 204 g/mol. The van der Waals surface area contributed by atoms with Gasteiger partial charge in [0, 0.05) is 19.4 Å². The lowest BCUT2D eigenvalue weighted by Crippen LogP contribution is -2.20. The second-order valence-corrected chi connectivity index (χ2v) is 3.95. The minimum atomic E-state index is 0.0355. The lowest BCUT2D eigenvalue weighted by molar-refractivity contribution is -0.108. The summed E-state index contributed by atoms with van der Waals surface area (Å²) in [6.07, 6.45) is 11.7. The molecule has 0 amide bonds. The van der Waals surface area contributed by atoms with E-state index in [2.05, 4.69) is 24.3 Å². The van der Waals surface area contributed by atoms with Crippen LogP contribution in [0.3, 0.4) is 0 Å². The summed E-state index contributed by atoms with van der Waals surface area (Å²) in [5.41, 5.74) is 0. The van der Waals surface area contributed by atoms with Crippen molar-refractivity contribution in [3.63, 3.8) is 0 Å². The Kier molecular flexibility index (Phi) is 6.77. The molecule has 0 aromatic carbocycles. The van der Waals surface area contributed by atoms with Gasteiger partial charge in [-0.2, -0.15) is 0 Å². The summed E-state index contributed by atoms with van der Waals surface area (Å²) < 4.78 is 10.8. The van der Waals surface area contributed by atoms with Gasteiger partial charge in [0.15, 0.2) is 0 Å². The highest BCUT2D eigenvalue weighted by Gasteiger charge is 2.09. The largest absolute Gasteiger partial charge is 0.379 e. The van der Waals surface area contributed by atoms with Crippen LogP contribution in [0.2, 0.25) is 0 Å². The number of methoxy groups -OCH3 is 1. The molecule has 0 radical (unpaired) electrons. The summed E-state index contributed by atoms with van der Waals surface area (Å²) in [5.74, 6) is 0.480. The van der Waals surface area contributed by atoms with Crippen molar-refractivity contribution >= 4 is 6.29 Å². The third kappa shape index (κ3) is 5.24. The summed E-state index contributed by atoms with van der Waals surface area (Å²) in [6.45, 7) is 1.29. The van der Waals surface area contributed by atoms with Gasteiger partial charge in [-0.05, 0) is 12.8 Å². The fraction of sp³-hybridized carbons (Fsp3) is 0.615. The Morgan fingerprint density at radius 1 is 1.50 bits per heavy atom. The molecule has 0 fully saturated rings. The van der Waals surface area contributed by atoms with Gasteiger partial charge in [-0.1, -0.05) is 24.3 Å². The highest BCUT2D eigenvalue weighted by Crippen LogP contribution is 2.12. The van der Waals surface area contributed by atoms with Gasteiger partial charge < -0.3 is 14.3 Å². The molecule has 0 aromatic rings. The zero-order valence-electron chi connectivity index (χ0n) is 9.80. The average molecular weight is 224 g/mol. The zero-order chi connectivity index (χ0) is 11.6. The number of rotatable bonds is 8. The molecular formula is C13H20O3. The van der Waals surface area contributed by atoms with Crippen molar-refractivity contribution in [3.8, 4) is 0 Å². The lowest BCUT2D eigenvalue weighted by atomic mass is 10.0. The van der Waals surface area contributed by atoms with E-state index in [0.717, 1.165) is 25.7 Å². The van der Waals surface area contributed by atoms with Crippen molar-refractivity contribution in [1.29, 1.82) is 0 Å². The van der Waals surface area contributed by atoms with E-state index in [-0.39, 0.29) is 6.10 Å². The predicted octanol–water partition coefficient (Wildman–Crippen LogP) is 2.13. The van der Waals surface area contributed by atoms with E-state index in [1.807, 2.05) is 0 Å². The van der Waals surface area contributed by atoms with Crippen LogP contribution in [0.25, 0.3) is 0 Å². The van der Waals surface area contributed by atoms with E-state index < -0.39 is 0 Å². The Balaban J connectivity index is 2.10. The quantitative estimate of drug-likeness (QED) is 0.592. The molecule has 0 heterocycles. The molecule has 2 atom stereocenters. The molecule has 1 rings (SSSR count). The first kappa shape index (κ1) is 13.1. The van der Waals surface area contributed by atoms with Crippen molar-refractivity contribution in [1.82, 2.24) is 0 Å². The topological polar surface area (TPSA) is 35.5 Å². The Morgan fingerprint density at radius 3 is 3.00 bits per heavy atom. The fourth-order valence-electron chi connectivity index (χ4n) is 1.63. The van der Waals surface area contributed by atoms with Gasteiger partial charge in [-0.3, -0.25) is 0 Å². The van der Waals surface area contributed by atoms with Crippen LogP contribution in [0.1, 0.15) is 19.3 Å². The maximum Gasteiger partial charge on any atom is 0.120 e. The number of allylic oxidation sites excluding steroid dienone is 3. The van der Waals surface area contributed by atoms with Crippen LogP contribution in [0.4, 0.5) is 0 Å². The summed E-state index contributed by atoms with van der Waals surface area (Å²) in [6, 6.07) is 0. The first-order valence-electron chi connectivity index (χ1n) is 5.74. The predicted molar refractivity (Wildman–Crippen MR) is 63.3 cm³/mol. The van der Waals surface area contributed by atoms with Gasteiger partial charge in [-0.15, -0.1) is 0 Å². The van der Waals surface area contributed by atoms with E-state index in [9.17, 15) is 4.79 Å². The maximum absolute atomic E-state index is 10.2. The van der Waals surface area contributed by atoms with Crippen molar-refractivity contribution in [3.05, 3.63) is 24.3 Å². The van der Waals surface area contributed by atoms with Gasteiger partial charge in [0.25, 0.3) is 0 Å². The Morgan fingerprint density at radius 2 is 2.38 bits per heavy atom. The van der Waals surface area contributed by atoms with Crippen LogP contribution in [-0.4, -0.2) is 32.7 Å². The normalized spacial score (nSPS) is 20.9. The second-order valence-electron chi connectivity index (χ2n) is 3.95. The van der Waals surface area contributed by atoms with Crippen LogP contribution in [0.5, 0.6) is 0 Å². The van der Waals surface area contributed by atoms with Gasteiger partial charge in [0.05, 0.1) is 19.3 Å². The smallest absolute Gasteiger partial charge is 0.120 e. The number of hydrogen-bond donors (Lipinski definition) is 0. The van der Waals surface area contributed by atoms with E-state index >= 15 is 0 Å². The third-order valence-corrected chi connectivity index (χ3v) is 2.64. The molecule has 1 aliphatic rings. The van der Waals surface area contributed by atoms with Crippen LogP contribution in [0, 0.1) is 5.92 Å². The molecule has 0 aliphatic heterocycles. The summed E-state index contributed by atoms with van der Waals surface area (Å²) in [4.78, 5) is 10.2. The van der Waals surface area contributed by atoms with E-state index in [1.54, 1.807) is 7.11 Å². The minimum absolute atomic E-state index is 0.0355.